The smallest absolute Gasteiger partial charge is 0.173 e. The highest BCUT2D eigenvalue weighted by molar-refractivity contribution is 6.35. The number of rotatable bonds is 1. The van der Waals surface area contributed by atoms with E-state index in [9.17, 15) is 0 Å². The van der Waals surface area contributed by atoms with Crippen LogP contribution in [0, 0.1) is 10.1 Å². The third-order valence-electron chi connectivity index (χ3n) is 1.39. The minimum atomic E-state index is -0.847. The van der Waals surface area contributed by atoms with Gasteiger partial charge in [-0.05, 0) is 11.6 Å². The third kappa shape index (κ3) is 2.73. The van der Waals surface area contributed by atoms with Gasteiger partial charge in [0.1, 0.15) is 0 Å². The molecule has 0 bridgehead atoms. The SMILES string of the molecule is Cl.Clc1cc2ccc1-2.NN[N+](=O)[O-]. The van der Waals surface area contributed by atoms with Gasteiger partial charge >= 0.3 is 0 Å². The van der Waals surface area contributed by atoms with Crippen molar-refractivity contribution in [2.75, 3.05) is 0 Å². The predicted molar refractivity (Wildman–Crippen MR) is 52.0 cm³/mol. The largest absolute Gasteiger partial charge is 0.234 e. The third-order valence-corrected chi connectivity index (χ3v) is 1.70. The van der Waals surface area contributed by atoms with Gasteiger partial charge in [-0.2, -0.15) is 5.84 Å². The van der Waals surface area contributed by atoms with Crippen molar-refractivity contribution in [3.8, 4) is 11.1 Å². The zero-order valence-electron chi connectivity index (χ0n) is 6.36. The van der Waals surface area contributed by atoms with Crippen molar-refractivity contribution in [3.05, 3.63) is 33.3 Å². The zero-order valence-corrected chi connectivity index (χ0v) is 7.93. The van der Waals surface area contributed by atoms with Crippen molar-refractivity contribution in [1.82, 2.24) is 5.53 Å². The van der Waals surface area contributed by atoms with Gasteiger partial charge in [0, 0.05) is 10.6 Å². The fourth-order valence-electron chi connectivity index (χ4n) is 0.743. The molecule has 72 valence electrons. The molecular weight excluding hydrogens is 217 g/mol. The van der Waals surface area contributed by atoms with Crippen LogP contribution >= 0.6 is 24.0 Å². The highest BCUT2D eigenvalue weighted by Crippen LogP contribution is 2.39. The molecule has 0 radical (unpaired) electrons. The van der Waals surface area contributed by atoms with Crippen molar-refractivity contribution < 1.29 is 5.03 Å². The van der Waals surface area contributed by atoms with Crippen LogP contribution in [-0.4, -0.2) is 5.03 Å². The second kappa shape index (κ2) is 4.86. The fraction of sp³-hybridized carbons (Fsp3) is 0. The number of fused-ring (bicyclic) bond motifs is 1. The van der Waals surface area contributed by atoms with E-state index >= 15 is 0 Å². The van der Waals surface area contributed by atoms with Gasteiger partial charge < -0.3 is 0 Å². The summed E-state index contributed by atoms with van der Waals surface area (Å²) in [5.74, 6) is 4.22. The van der Waals surface area contributed by atoms with Gasteiger partial charge in [-0.15, -0.1) is 12.4 Å². The lowest BCUT2D eigenvalue weighted by Gasteiger charge is -2.15. The molecule has 0 amide bonds. The molecule has 0 atom stereocenters. The van der Waals surface area contributed by atoms with Crippen molar-refractivity contribution in [2.24, 2.45) is 5.84 Å². The van der Waals surface area contributed by atoms with E-state index in [0.29, 0.717) is 0 Å². The van der Waals surface area contributed by atoms with Crippen LogP contribution in [0.15, 0.2) is 18.2 Å². The van der Waals surface area contributed by atoms with E-state index in [0.717, 1.165) is 5.02 Å². The first kappa shape index (κ1) is 12.0. The summed E-state index contributed by atoms with van der Waals surface area (Å²) in [6.07, 6.45) is 0. The Hall–Kier alpha value is -1.04. The first-order valence-electron chi connectivity index (χ1n) is 3.05. The molecule has 0 aromatic heterocycles. The molecule has 0 fully saturated rings. The molecule has 0 aromatic carbocycles. The normalized spacial score (nSPS) is 8.77. The molecule has 0 spiro atoms. The number of hydrazine groups is 2. The summed E-state index contributed by atoms with van der Waals surface area (Å²) in [4.78, 5) is 8.94. The zero-order chi connectivity index (χ0) is 9.14. The van der Waals surface area contributed by atoms with Gasteiger partial charge in [0.15, 0.2) is 5.03 Å². The molecule has 2 rings (SSSR count). The predicted octanol–water partition coefficient (Wildman–Crippen LogP) is 1.38. The Bertz CT molecular complexity index is 319. The highest BCUT2D eigenvalue weighted by Gasteiger charge is 2.13. The monoisotopic (exact) mass is 223 g/mol. The number of hydrogen-bond acceptors (Lipinski definition) is 3. The lowest BCUT2D eigenvalue weighted by atomic mass is 9.94. The summed E-state index contributed by atoms with van der Waals surface area (Å²) in [6, 6.07) is 6.05. The standard InChI is InChI=1S/C6H3Cl.ClH.H3N3O2/c7-6-3-4-1-2-5(4)6;;1-2-3(4)5/h1-3H;1H;2H,1H2. The molecule has 13 heavy (non-hydrogen) atoms. The van der Waals surface area contributed by atoms with Crippen LogP contribution in [0.2, 0.25) is 5.02 Å². The average Bonchev–Trinajstić information content (AvgIpc) is 2.00. The summed E-state index contributed by atoms with van der Waals surface area (Å²) in [7, 11) is 0. The van der Waals surface area contributed by atoms with E-state index in [-0.39, 0.29) is 12.4 Å². The van der Waals surface area contributed by atoms with E-state index in [2.05, 4.69) is 11.9 Å². The van der Waals surface area contributed by atoms with Crippen molar-refractivity contribution in [2.45, 2.75) is 0 Å². The number of nitrogens with zero attached hydrogens (tertiary/aromatic N) is 1. The molecule has 0 heterocycles. The Kier molecular flexibility index (Phi) is 4.47. The van der Waals surface area contributed by atoms with Gasteiger partial charge in [-0.3, -0.25) is 0 Å². The van der Waals surface area contributed by atoms with Crippen molar-refractivity contribution >= 4 is 24.0 Å². The lowest BCUT2D eigenvalue weighted by Crippen LogP contribution is -2.28. The number of nitro groups is 1. The Morgan fingerprint density at radius 1 is 1.54 bits per heavy atom. The molecule has 0 aromatic rings. The topological polar surface area (TPSA) is 81.2 Å². The summed E-state index contributed by atoms with van der Waals surface area (Å²) >= 11 is 5.60. The van der Waals surface area contributed by atoms with E-state index < -0.39 is 5.03 Å². The van der Waals surface area contributed by atoms with E-state index in [1.165, 1.54) is 16.7 Å². The summed E-state index contributed by atoms with van der Waals surface area (Å²) in [6.45, 7) is 0. The minimum Gasteiger partial charge on any atom is -0.234 e. The van der Waals surface area contributed by atoms with Gasteiger partial charge in [-0.1, -0.05) is 29.3 Å². The molecule has 0 unspecified atom stereocenters. The van der Waals surface area contributed by atoms with E-state index in [4.69, 9.17) is 21.7 Å². The molecule has 0 saturated carbocycles. The molecule has 2 aliphatic carbocycles. The van der Waals surface area contributed by atoms with Crippen LogP contribution in [0.4, 0.5) is 0 Å². The molecule has 2 aliphatic rings. The van der Waals surface area contributed by atoms with Crippen molar-refractivity contribution in [1.29, 1.82) is 0 Å². The van der Waals surface area contributed by atoms with Gasteiger partial charge in [0.05, 0.1) is 0 Å². The van der Waals surface area contributed by atoms with E-state index in [1.54, 1.807) is 0 Å². The second-order valence-corrected chi connectivity index (χ2v) is 2.49. The van der Waals surface area contributed by atoms with Gasteiger partial charge in [0.2, 0.25) is 0 Å². The van der Waals surface area contributed by atoms with Gasteiger partial charge in [-0.25, -0.2) is 10.1 Å². The lowest BCUT2D eigenvalue weighted by molar-refractivity contribution is -0.546. The van der Waals surface area contributed by atoms with Gasteiger partial charge in [0.25, 0.3) is 0 Å². The Labute approximate surface area is 85.4 Å². The van der Waals surface area contributed by atoms with Crippen LogP contribution in [0.25, 0.3) is 11.1 Å². The second-order valence-electron chi connectivity index (χ2n) is 2.08. The van der Waals surface area contributed by atoms with Crippen LogP contribution < -0.4 is 11.4 Å². The molecular formula is C6H7Cl2N3O2. The van der Waals surface area contributed by atoms with Crippen LogP contribution in [0.3, 0.4) is 0 Å². The summed E-state index contributed by atoms with van der Waals surface area (Å²) < 4.78 is 0. The first-order chi connectivity index (χ1) is 5.65. The Balaban J connectivity index is 0.000000220. The van der Waals surface area contributed by atoms with Crippen LogP contribution in [-0.2, 0) is 0 Å². The number of benzene rings is 1. The minimum absolute atomic E-state index is 0. The molecule has 7 heteroatoms. The van der Waals surface area contributed by atoms with Crippen LogP contribution in [0.1, 0.15) is 0 Å². The van der Waals surface area contributed by atoms with Crippen LogP contribution in [0.5, 0.6) is 0 Å². The molecule has 0 aliphatic heterocycles. The highest BCUT2D eigenvalue weighted by atomic mass is 35.5. The van der Waals surface area contributed by atoms with E-state index in [1.807, 2.05) is 12.1 Å². The Morgan fingerprint density at radius 2 is 2.08 bits per heavy atom. The number of nitrogens with two attached hydrogens (primary N) is 1. The summed E-state index contributed by atoms with van der Waals surface area (Å²) in [5, 5.41) is 9.00. The number of nitrogens with one attached hydrogen (secondary N) is 1. The molecule has 5 nitrogen and oxygen atoms in total. The van der Waals surface area contributed by atoms with Crippen molar-refractivity contribution in [3.63, 3.8) is 0 Å². The molecule has 0 saturated heterocycles. The fourth-order valence-corrected chi connectivity index (χ4v) is 1.03. The maximum absolute atomic E-state index is 8.94. The maximum atomic E-state index is 8.94. The number of halogens is 2. The first-order valence-corrected chi connectivity index (χ1v) is 3.43. The average molecular weight is 224 g/mol. The Morgan fingerprint density at radius 3 is 2.08 bits per heavy atom. The molecule has 3 N–H and O–H groups in total. The quantitative estimate of drug-likeness (QED) is 0.435. The number of hydrogen-bond donors (Lipinski definition) is 2. The maximum Gasteiger partial charge on any atom is 0.173 e. The summed E-state index contributed by atoms with van der Waals surface area (Å²) in [5.41, 5.74) is 3.80.